The fourth-order valence-electron chi connectivity index (χ4n) is 4.54. The average Bonchev–Trinajstić information content (AvgIpc) is 2.70. The third-order valence-corrected chi connectivity index (χ3v) is 5.95. The molecular weight excluding hydrogens is 369 g/mol. The van der Waals surface area contributed by atoms with Gasteiger partial charge in [-0.25, -0.2) is 4.39 Å². The Bertz CT molecular complexity index is 806. The van der Waals surface area contributed by atoms with E-state index in [9.17, 15) is 4.39 Å². The van der Waals surface area contributed by atoms with Crippen molar-refractivity contribution in [3.63, 3.8) is 0 Å². The minimum absolute atomic E-state index is 0.0174. The van der Waals surface area contributed by atoms with E-state index in [1.165, 1.54) is 11.1 Å². The van der Waals surface area contributed by atoms with Crippen LogP contribution in [0.15, 0.2) is 42.5 Å². The molecule has 1 fully saturated rings. The van der Waals surface area contributed by atoms with Crippen molar-refractivity contribution in [2.75, 3.05) is 27.4 Å². The molecule has 5 heteroatoms. The number of hydrogen-bond donors (Lipinski definition) is 1. The van der Waals surface area contributed by atoms with E-state index in [-0.39, 0.29) is 16.8 Å². The summed E-state index contributed by atoms with van der Waals surface area (Å²) in [4.78, 5) is 0. The Morgan fingerprint density at radius 3 is 2.41 bits per heavy atom. The summed E-state index contributed by atoms with van der Waals surface area (Å²) in [5, 5.41) is 2.33. The lowest BCUT2D eigenvalue weighted by atomic mass is 9.67. The van der Waals surface area contributed by atoms with Crippen LogP contribution in [0.1, 0.15) is 44.2 Å². The number of benzene rings is 2. The van der Waals surface area contributed by atoms with Crippen LogP contribution < -0.4 is 14.8 Å². The molecule has 1 aliphatic rings. The highest BCUT2D eigenvalue weighted by Crippen LogP contribution is 2.43. The highest BCUT2D eigenvalue weighted by Gasteiger charge is 2.42. The molecule has 0 unspecified atom stereocenters. The number of ether oxygens (including phenoxy) is 3. The summed E-state index contributed by atoms with van der Waals surface area (Å²) in [5.41, 5.74) is 2.26. The molecule has 2 aromatic rings. The summed E-state index contributed by atoms with van der Waals surface area (Å²) in [7, 11) is 3.30. The molecule has 1 heterocycles. The molecule has 158 valence electrons. The van der Waals surface area contributed by atoms with Gasteiger partial charge in [-0.15, -0.1) is 0 Å². The van der Waals surface area contributed by atoms with Gasteiger partial charge in [-0.05, 0) is 62.6 Å². The van der Waals surface area contributed by atoms with E-state index in [2.05, 4.69) is 25.2 Å². The molecule has 0 bridgehead atoms. The van der Waals surface area contributed by atoms with E-state index in [4.69, 9.17) is 14.2 Å². The Labute approximate surface area is 173 Å². The minimum Gasteiger partial charge on any atom is -0.493 e. The third kappa shape index (κ3) is 5.28. The number of rotatable bonds is 8. The maximum Gasteiger partial charge on any atom is 0.161 e. The highest BCUT2D eigenvalue weighted by atomic mass is 19.1. The molecule has 29 heavy (non-hydrogen) atoms. The first-order valence-electron chi connectivity index (χ1n) is 10.3. The van der Waals surface area contributed by atoms with E-state index in [0.29, 0.717) is 0 Å². The molecule has 0 spiro atoms. The summed E-state index contributed by atoms with van der Waals surface area (Å²) in [6.07, 6.45) is 2.93. The molecule has 0 radical (unpaired) electrons. The van der Waals surface area contributed by atoms with E-state index in [1.807, 2.05) is 24.3 Å². The van der Waals surface area contributed by atoms with Gasteiger partial charge < -0.3 is 19.5 Å². The van der Waals surface area contributed by atoms with Gasteiger partial charge in [-0.2, -0.15) is 0 Å². The summed E-state index contributed by atoms with van der Waals surface area (Å²) in [6.45, 7) is 6.90. The first-order valence-corrected chi connectivity index (χ1v) is 10.3. The van der Waals surface area contributed by atoms with Crippen molar-refractivity contribution in [2.45, 2.75) is 50.7 Å². The Morgan fingerprint density at radius 1 is 1.03 bits per heavy atom. The molecule has 0 amide bonds. The zero-order valence-electron chi connectivity index (χ0n) is 18.0. The van der Waals surface area contributed by atoms with Crippen molar-refractivity contribution in [3.8, 4) is 11.5 Å². The number of quaternary nitrogens is 1. The molecule has 4 nitrogen and oxygen atoms in total. The number of hydrogen-bond acceptors (Lipinski definition) is 3. The lowest BCUT2D eigenvalue weighted by molar-refractivity contribution is -0.672. The molecule has 3 rings (SSSR count). The summed E-state index contributed by atoms with van der Waals surface area (Å²) in [5.74, 6) is 1.32. The molecule has 0 saturated carbocycles. The fraction of sp³-hybridized carbons (Fsp3) is 0.500. The van der Waals surface area contributed by atoms with E-state index in [0.717, 1.165) is 50.5 Å². The number of nitrogens with two attached hydrogens (primary N) is 1. The van der Waals surface area contributed by atoms with Gasteiger partial charge in [0.1, 0.15) is 12.4 Å². The van der Waals surface area contributed by atoms with Crippen molar-refractivity contribution in [3.05, 3.63) is 59.4 Å². The normalized spacial score (nSPS) is 21.0. The van der Waals surface area contributed by atoms with Gasteiger partial charge in [0.05, 0.1) is 26.4 Å². The highest BCUT2D eigenvalue weighted by molar-refractivity contribution is 5.42. The third-order valence-electron chi connectivity index (χ3n) is 5.95. The zero-order chi connectivity index (χ0) is 20.9. The van der Waals surface area contributed by atoms with E-state index >= 15 is 0 Å². The maximum atomic E-state index is 13.5. The summed E-state index contributed by atoms with van der Waals surface area (Å²) < 4.78 is 30.2. The molecule has 2 aromatic carbocycles. The van der Waals surface area contributed by atoms with Gasteiger partial charge >= 0.3 is 0 Å². The molecule has 1 atom stereocenters. The van der Waals surface area contributed by atoms with Crippen LogP contribution in [0, 0.1) is 5.82 Å². The summed E-state index contributed by atoms with van der Waals surface area (Å²) in [6, 6.07) is 13.1. The van der Waals surface area contributed by atoms with Crippen molar-refractivity contribution in [1.82, 2.24) is 0 Å². The van der Waals surface area contributed by atoms with E-state index in [1.54, 1.807) is 26.4 Å². The monoisotopic (exact) mass is 402 g/mol. The lowest BCUT2D eigenvalue weighted by Gasteiger charge is -2.45. The first kappa shape index (κ1) is 21.6. The van der Waals surface area contributed by atoms with Gasteiger partial charge in [0, 0.05) is 24.0 Å². The van der Waals surface area contributed by atoms with Gasteiger partial charge in [0.25, 0.3) is 0 Å². The number of halogens is 1. The largest absolute Gasteiger partial charge is 0.493 e. The smallest absolute Gasteiger partial charge is 0.161 e. The van der Waals surface area contributed by atoms with E-state index < -0.39 is 0 Å². The lowest BCUT2D eigenvalue weighted by Crippen LogP contribution is -2.83. The average molecular weight is 403 g/mol. The second-order valence-corrected chi connectivity index (χ2v) is 8.54. The second-order valence-electron chi connectivity index (χ2n) is 8.54. The zero-order valence-corrected chi connectivity index (χ0v) is 18.0. The topological polar surface area (TPSA) is 44.3 Å². The van der Waals surface area contributed by atoms with Crippen molar-refractivity contribution in [2.24, 2.45) is 0 Å². The van der Waals surface area contributed by atoms with Crippen LogP contribution in [0.25, 0.3) is 0 Å². The molecule has 0 aliphatic carbocycles. The van der Waals surface area contributed by atoms with Crippen molar-refractivity contribution in [1.29, 1.82) is 0 Å². The predicted octanol–water partition coefficient (Wildman–Crippen LogP) is 3.82. The van der Waals surface area contributed by atoms with Crippen LogP contribution >= 0.6 is 0 Å². The molecule has 1 aliphatic heterocycles. The van der Waals surface area contributed by atoms with Crippen LogP contribution in [-0.2, 0) is 16.7 Å². The molecule has 0 aromatic heterocycles. The van der Waals surface area contributed by atoms with Gasteiger partial charge in [0.2, 0.25) is 0 Å². The van der Waals surface area contributed by atoms with Crippen LogP contribution in [0.3, 0.4) is 0 Å². The fourth-order valence-corrected chi connectivity index (χ4v) is 4.54. The molecule has 1 saturated heterocycles. The van der Waals surface area contributed by atoms with Crippen LogP contribution in [0.2, 0.25) is 0 Å². The first-order chi connectivity index (χ1) is 13.9. The Morgan fingerprint density at radius 2 is 1.76 bits per heavy atom. The molecular formula is C24H33FNO3+. The standard InChI is InChI=1S/C24H32FNO3/c1-23(2)17-24(12-14-29-23,19-6-8-20(25)9-7-19)11-13-26-16-18-5-10-21(27-3)22(15-18)28-4/h5-10,15,26H,11-14,16-17H2,1-4H3/p+1/t24-/m1/s1. The van der Waals surface area contributed by atoms with Crippen LogP contribution in [-0.4, -0.2) is 33.0 Å². The minimum atomic E-state index is -0.185. The summed E-state index contributed by atoms with van der Waals surface area (Å²) >= 11 is 0. The SMILES string of the molecule is COc1ccc(C[NH2+]CC[C@@]2(c3ccc(F)cc3)CCOC(C)(C)C2)cc1OC. The second kappa shape index (κ2) is 9.14. The predicted molar refractivity (Wildman–Crippen MR) is 112 cm³/mol. The van der Waals surface area contributed by atoms with Crippen molar-refractivity contribution < 1.29 is 23.9 Å². The maximum absolute atomic E-state index is 13.5. The van der Waals surface area contributed by atoms with Crippen LogP contribution in [0.4, 0.5) is 4.39 Å². The number of methoxy groups -OCH3 is 2. The Kier molecular flexibility index (Phi) is 6.81. The van der Waals surface area contributed by atoms with Gasteiger partial charge in [-0.1, -0.05) is 12.1 Å². The Hall–Kier alpha value is -2.11. The molecule has 2 N–H and O–H groups in total. The van der Waals surface area contributed by atoms with Crippen LogP contribution in [0.5, 0.6) is 11.5 Å². The Balaban J connectivity index is 1.67. The quantitative estimate of drug-likeness (QED) is 0.683. The van der Waals surface area contributed by atoms with Gasteiger partial charge in [0.15, 0.2) is 11.5 Å². The van der Waals surface area contributed by atoms with Gasteiger partial charge in [-0.3, -0.25) is 0 Å². The van der Waals surface area contributed by atoms with Crippen molar-refractivity contribution >= 4 is 0 Å².